The Kier molecular flexibility index (Phi) is 4.97. The minimum atomic E-state index is 0.201. The molecule has 1 aliphatic carbocycles. The Morgan fingerprint density at radius 1 is 1.32 bits per heavy atom. The van der Waals surface area contributed by atoms with Crippen LogP contribution in [0.1, 0.15) is 36.0 Å². The van der Waals surface area contributed by atoms with Crippen LogP contribution in [0.25, 0.3) is 0 Å². The Morgan fingerprint density at radius 3 is 2.89 bits per heavy atom. The van der Waals surface area contributed by atoms with Gasteiger partial charge in [0.05, 0.1) is 0 Å². The van der Waals surface area contributed by atoms with Gasteiger partial charge in [-0.2, -0.15) is 0 Å². The Hall–Kier alpha value is -1.35. The first kappa shape index (κ1) is 14.1. The number of benzene rings is 1. The van der Waals surface area contributed by atoms with Crippen LogP contribution in [-0.4, -0.2) is 30.9 Å². The van der Waals surface area contributed by atoms with Gasteiger partial charge in [-0.15, -0.1) is 0 Å². The lowest BCUT2D eigenvalue weighted by atomic mass is 10.0. The molecule has 0 heterocycles. The van der Waals surface area contributed by atoms with Crippen molar-refractivity contribution in [2.24, 2.45) is 5.73 Å². The number of aryl methyl sites for hydroxylation is 2. The summed E-state index contributed by atoms with van der Waals surface area (Å²) >= 11 is 0. The molecule has 1 aromatic carbocycles. The lowest BCUT2D eigenvalue weighted by Crippen LogP contribution is -2.29. The van der Waals surface area contributed by atoms with E-state index < -0.39 is 0 Å². The lowest BCUT2D eigenvalue weighted by Gasteiger charge is -2.17. The average Bonchev–Trinajstić information content (AvgIpc) is 2.89. The molecule has 0 saturated carbocycles. The summed E-state index contributed by atoms with van der Waals surface area (Å²) < 4.78 is 0. The highest BCUT2D eigenvalue weighted by atomic mass is 16.2. The first-order chi connectivity index (χ1) is 9.20. The number of carbonyl (C=O) groups is 1. The number of nitrogens with two attached hydrogens (primary N) is 1. The van der Waals surface area contributed by atoms with Crippen LogP contribution in [0.2, 0.25) is 0 Å². The molecule has 104 valence electrons. The first-order valence-corrected chi connectivity index (χ1v) is 7.25. The highest BCUT2D eigenvalue weighted by molar-refractivity contribution is 5.75. The van der Waals surface area contributed by atoms with Gasteiger partial charge in [-0.05, 0) is 55.3 Å². The van der Waals surface area contributed by atoms with E-state index in [1.807, 2.05) is 11.9 Å². The van der Waals surface area contributed by atoms with Crippen molar-refractivity contribution in [3.05, 3.63) is 34.9 Å². The van der Waals surface area contributed by atoms with Gasteiger partial charge in [-0.1, -0.05) is 18.2 Å². The molecule has 0 radical (unpaired) electrons. The molecule has 0 aliphatic heterocycles. The molecule has 0 fully saturated rings. The predicted octanol–water partition coefficient (Wildman–Crippen LogP) is 1.92. The fourth-order valence-corrected chi connectivity index (χ4v) is 2.65. The third-order valence-corrected chi connectivity index (χ3v) is 3.92. The molecule has 0 bridgehead atoms. The standard InChI is InChI=1S/C16H24N2O/c1-18(16(19)6-3-10-17)11-9-13-7-8-14-4-2-5-15(14)12-13/h7-8,12H,2-6,9-11,17H2,1H3. The maximum absolute atomic E-state index is 11.8. The quantitative estimate of drug-likeness (QED) is 0.849. The normalized spacial score (nSPS) is 13.4. The molecular formula is C16H24N2O. The zero-order valence-corrected chi connectivity index (χ0v) is 11.8. The summed E-state index contributed by atoms with van der Waals surface area (Å²) in [7, 11) is 1.88. The molecule has 2 N–H and O–H groups in total. The summed E-state index contributed by atoms with van der Waals surface area (Å²) in [6.07, 6.45) is 6.02. The smallest absolute Gasteiger partial charge is 0.222 e. The number of hydrogen-bond donors (Lipinski definition) is 1. The number of rotatable bonds is 6. The monoisotopic (exact) mass is 260 g/mol. The summed E-state index contributed by atoms with van der Waals surface area (Å²) in [6.45, 7) is 1.38. The molecule has 1 amide bonds. The van der Waals surface area contributed by atoms with Crippen LogP contribution in [0.3, 0.4) is 0 Å². The van der Waals surface area contributed by atoms with Crippen LogP contribution < -0.4 is 5.73 Å². The Balaban J connectivity index is 1.83. The summed E-state index contributed by atoms with van der Waals surface area (Å²) in [4.78, 5) is 13.6. The first-order valence-electron chi connectivity index (χ1n) is 7.25. The molecular weight excluding hydrogens is 236 g/mol. The van der Waals surface area contributed by atoms with Crippen LogP contribution in [0, 0.1) is 0 Å². The van der Waals surface area contributed by atoms with E-state index in [-0.39, 0.29) is 5.91 Å². The van der Waals surface area contributed by atoms with Gasteiger partial charge in [0.15, 0.2) is 0 Å². The van der Waals surface area contributed by atoms with E-state index in [0.717, 1.165) is 19.4 Å². The molecule has 0 atom stereocenters. The average molecular weight is 260 g/mol. The van der Waals surface area contributed by atoms with Gasteiger partial charge in [-0.25, -0.2) is 0 Å². The topological polar surface area (TPSA) is 46.3 Å². The van der Waals surface area contributed by atoms with E-state index >= 15 is 0 Å². The Bertz CT molecular complexity index is 442. The SMILES string of the molecule is CN(CCc1ccc2c(c1)CCC2)C(=O)CCCN. The van der Waals surface area contributed by atoms with Crippen molar-refractivity contribution in [1.29, 1.82) is 0 Å². The van der Waals surface area contributed by atoms with E-state index in [2.05, 4.69) is 18.2 Å². The van der Waals surface area contributed by atoms with Crippen LogP contribution in [0.5, 0.6) is 0 Å². The van der Waals surface area contributed by atoms with Gasteiger partial charge in [-0.3, -0.25) is 4.79 Å². The Labute approximate surface area is 115 Å². The molecule has 2 rings (SSSR count). The minimum Gasteiger partial charge on any atom is -0.345 e. The van der Waals surface area contributed by atoms with E-state index in [9.17, 15) is 4.79 Å². The van der Waals surface area contributed by atoms with Crippen molar-refractivity contribution in [2.45, 2.75) is 38.5 Å². The van der Waals surface area contributed by atoms with Crippen LogP contribution in [0.15, 0.2) is 18.2 Å². The molecule has 3 nitrogen and oxygen atoms in total. The van der Waals surface area contributed by atoms with E-state index in [1.165, 1.54) is 36.0 Å². The second-order valence-electron chi connectivity index (χ2n) is 5.41. The molecule has 0 spiro atoms. The molecule has 1 aliphatic rings. The third kappa shape index (κ3) is 3.80. The van der Waals surface area contributed by atoms with Gasteiger partial charge in [0.2, 0.25) is 5.91 Å². The summed E-state index contributed by atoms with van der Waals surface area (Å²) in [5.74, 6) is 0.201. The second kappa shape index (κ2) is 6.71. The minimum absolute atomic E-state index is 0.201. The molecule has 19 heavy (non-hydrogen) atoms. The number of carbonyl (C=O) groups excluding carboxylic acids is 1. The molecule has 0 saturated heterocycles. The van der Waals surface area contributed by atoms with Gasteiger partial charge in [0, 0.05) is 20.0 Å². The number of amides is 1. The van der Waals surface area contributed by atoms with Crippen molar-refractivity contribution < 1.29 is 4.79 Å². The zero-order valence-electron chi connectivity index (χ0n) is 11.8. The maximum atomic E-state index is 11.8. The number of hydrogen-bond acceptors (Lipinski definition) is 2. The molecule has 3 heteroatoms. The summed E-state index contributed by atoms with van der Waals surface area (Å²) in [5, 5.41) is 0. The van der Waals surface area contributed by atoms with E-state index in [4.69, 9.17) is 5.73 Å². The van der Waals surface area contributed by atoms with Crippen LogP contribution in [0.4, 0.5) is 0 Å². The van der Waals surface area contributed by atoms with Gasteiger partial charge in [0.25, 0.3) is 0 Å². The number of fused-ring (bicyclic) bond motifs is 1. The number of likely N-dealkylation sites (N-methyl/N-ethyl adjacent to an activating group) is 1. The van der Waals surface area contributed by atoms with Crippen molar-refractivity contribution in [1.82, 2.24) is 4.90 Å². The van der Waals surface area contributed by atoms with Crippen molar-refractivity contribution in [3.63, 3.8) is 0 Å². The Morgan fingerprint density at radius 2 is 2.11 bits per heavy atom. The fraction of sp³-hybridized carbons (Fsp3) is 0.562. The fourth-order valence-electron chi connectivity index (χ4n) is 2.65. The van der Waals surface area contributed by atoms with Crippen molar-refractivity contribution >= 4 is 5.91 Å². The van der Waals surface area contributed by atoms with Crippen LogP contribution >= 0.6 is 0 Å². The lowest BCUT2D eigenvalue weighted by molar-refractivity contribution is -0.129. The third-order valence-electron chi connectivity index (χ3n) is 3.92. The number of nitrogens with zero attached hydrogens (tertiary/aromatic N) is 1. The molecule has 0 aromatic heterocycles. The second-order valence-corrected chi connectivity index (χ2v) is 5.41. The van der Waals surface area contributed by atoms with Crippen molar-refractivity contribution in [3.8, 4) is 0 Å². The van der Waals surface area contributed by atoms with Crippen LogP contribution in [-0.2, 0) is 24.1 Å². The largest absolute Gasteiger partial charge is 0.345 e. The van der Waals surface area contributed by atoms with Gasteiger partial charge in [0.1, 0.15) is 0 Å². The van der Waals surface area contributed by atoms with Crippen molar-refractivity contribution in [2.75, 3.05) is 20.1 Å². The van der Waals surface area contributed by atoms with E-state index in [0.29, 0.717) is 13.0 Å². The maximum Gasteiger partial charge on any atom is 0.222 e. The zero-order chi connectivity index (χ0) is 13.7. The molecule has 1 aromatic rings. The highest BCUT2D eigenvalue weighted by Gasteiger charge is 2.12. The van der Waals surface area contributed by atoms with Gasteiger partial charge >= 0.3 is 0 Å². The van der Waals surface area contributed by atoms with E-state index in [1.54, 1.807) is 0 Å². The predicted molar refractivity (Wildman–Crippen MR) is 78.1 cm³/mol. The highest BCUT2D eigenvalue weighted by Crippen LogP contribution is 2.23. The summed E-state index contributed by atoms with van der Waals surface area (Å²) in [6, 6.07) is 6.79. The molecule has 0 unspecified atom stereocenters. The summed E-state index contributed by atoms with van der Waals surface area (Å²) in [5.41, 5.74) is 9.79. The van der Waals surface area contributed by atoms with Gasteiger partial charge < -0.3 is 10.6 Å².